The van der Waals surface area contributed by atoms with Crippen molar-refractivity contribution in [3.05, 3.63) is 61.2 Å². The Kier molecular flexibility index (Phi) is 11.7. The molecular weight excluding hydrogens is 444 g/mol. The van der Waals surface area contributed by atoms with Crippen molar-refractivity contribution in [1.82, 2.24) is 10.6 Å². The number of ether oxygens (including phenoxy) is 1. The first-order valence-corrected chi connectivity index (χ1v) is 12.5. The van der Waals surface area contributed by atoms with E-state index >= 15 is 0 Å². The van der Waals surface area contributed by atoms with Crippen molar-refractivity contribution in [3.8, 4) is 0 Å². The molecule has 192 valence electrons. The lowest BCUT2D eigenvalue weighted by molar-refractivity contribution is -0.153. The highest BCUT2D eigenvalue weighted by atomic mass is 16.5. The van der Waals surface area contributed by atoms with Gasteiger partial charge in [-0.25, -0.2) is 0 Å². The third-order valence-corrected chi connectivity index (χ3v) is 6.51. The number of allylic oxidation sites excluding steroid dienone is 2. The number of hydrogen-bond donors (Lipinski definition) is 3. The molecule has 1 fully saturated rings. The van der Waals surface area contributed by atoms with Gasteiger partial charge in [0, 0.05) is 6.42 Å². The largest absolute Gasteiger partial charge is 0.461 e. The lowest BCUT2D eigenvalue weighted by Crippen LogP contribution is -2.50. The monoisotopic (exact) mass is 484 g/mol. The van der Waals surface area contributed by atoms with Gasteiger partial charge in [-0.15, -0.1) is 13.2 Å². The van der Waals surface area contributed by atoms with Gasteiger partial charge in [0.25, 0.3) is 0 Å². The van der Waals surface area contributed by atoms with Crippen molar-refractivity contribution in [1.29, 1.82) is 0 Å². The number of carbonyl (C=O) groups is 3. The van der Waals surface area contributed by atoms with Crippen LogP contribution in [0.5, 0.6) is 0 Å². The molecule has 0 aromatic heterocycles. The summed E-state index contributed by atoms with van der Waals surface area (Å²) in [6, 6.07) is 9.73. The average molecular weight is 485 g/mol. The highest BCUT2D eigenvalue weighted by Gasteiger charge is 2.35. The topological polar surface area (TPSA) is 105 Å². The van der Waals surface area contributed by atoms with Crippen molar-refractivity contribution < 1.29 is 24.2 Å². The van der Waals surface area contributed by atoms with E-state index in [0.717, 1.165) is 31.2 Å². The molecule has 0 unspecified atom stereocenters. The quantitative estimate of drug-likeness (QED) is 0.261. The minimum absolute atomic E-state index is 0.00621. The summed E-state index contributed by atoms with van der Waals surface area (Å²) in [5.74, 6) is -1.81. The van der Waals surface area contributed by atoms with Gasteiger partial charge in [-0.3, -0.25) is 14.4 Å². The maximum atomic E-state index is 12.8. The van der Waals surface area contributed by atoms with Gasteiger partial charge in [0.05, 0.1) is 30.5 Å². The first kappa shape index (κ1) is 28.3. The lowest BCUT2D eigenvalue weighted by Gasteiger charge is -2.28. The summed E-state index contributed by atoms with van der Waals surface area (Å²) in [6.45, 7) is 9.22. The standard InChI is InChI=1S/C28H40N2O5/c1-4-11-23(18-25(32)30-28(20-31)15-9-10-16-28)26(33)29-19-21(3)35-27(34)24(12-5-2)17-22-13-7-6-8-14-22/h4-8,13-14,21,23-24,31H,1-2,9-12,15-20H2,3H3,(H,29,33)(H,30,32)/t21-,23-,24+/m0/s1. The summed E-state index contributed by atoms with van der Waals surface area (Å²) in [4.78, 5) is 38.1. The molecule has 0 heterocycles. The second-order valence-corrected chi connectivity index (χ2v) is 9.52. The molecule has 1 saturated carbocycles. The molecule has 0 saturated heterocycles. The van der Waals surface area contributed by atoms with Gasteiger partial charge >= 0.3 is 5.97 Å². The number of amides is 2. The zero-order valence-corrected chi connectivity index (χ0v) is 20.8. The normalized spacial score (nSPS) is 17.0. The zero-order valence-electron chi connectivity index (χ0n) is 20.8. The van der Waals surface area contributed by atoms with Crippen LogP contribution in [0, 0.1) is 11.8 Å². The van der Waals surface area contributed by atoms with E-state index in [4.69, 9.17) is 4.74 Å². The molecule has 0 bridgehead atoms. The molecule has 3 N–H and O–H groups in total. The number of esters is 1. The smallest absolute Gasteiger partial charge is 0.309 e. The lowest BCUT2D eigenvalue weighted by atomic mass is 9.95. The number of aliphatic hydroxyl groups excluding tert-OH is 1. The van der Waals surface area contributed by atoms with Gasteiger partial charge < -0.3 is 20.5 Å². The third kappa shape index (κ3) is 9.32. The van der Waals surface area contributed by atoms with E-state index < -0.39 is 17.6 Å². The molecule has 2 amide bonds. The molecule has 35 heavy (non-hydrogen) atoms. The van der Waals surface area contributed by atoms with Gasteiger partial charge in [0.1, 0.15) is 6.10 Å². The summed E-state index contributed by atoms with van der Waals surface area (Å²) in [6.07, 6.45) is 7.62. The maximum absolute atomic E-state index is 12.8. The molecule has 0 spiro atoms. The first-order valence-electron chi connectivity index (χ1n) is 12.5. The van der Waals surface area contributed by atoms with Crippen molar-refractivity contribution in [2.24, 2.45) is 11.8 Å². The van der Waals surface area contributed by atoms with Crippen LogP contribution in [0.15, 0.2) is 55.6 Å². The fourth-order valence-corrected chi connectivity index (χ4v) is 4.52. The van der Waals surface area contributed by atoms with Crippen molar-refractivity contribution in [2.45, 2.75) is 69.9 Å². The molecule has 0 radical (unpaired) electrons. The molecule has 0 aliphatic heterocycles. The van der Waals surface area contributed by atoms with Gasteiger partial charge in [0.15, 0.2) is 0 Å². The number of aliphatic hydroxyl groups is 1. The summed E-state index contributed by atoms with van der Waals surface area (Å²) in [7, 11) is 0. The van der Waals surface area contributed by atoms with Crippen LogP contribution in [-0.2, 0) is 25.5 Å². The highest BCUT2D eigenvalue weighted by Crippen LogP contribution is 2.29. The Morgan fingerprint density at radius 1 is 1.09 bits per heavy atom. The fourth-order valence-electron chi connectivity index (χ4n) is 4.52. The van der Waals surface area contributed by atoms with Crippen LogP contribution in [0.1, 0.15) is 57.4 Å². The zero-order chi connectivity index (χ0) is 25.7. The van der Waals surface area contributed by atoms with Crippen LogP contribution in [0.25, 0.3) is 0 Å². The molecule has 1 aromatic carbocycles. The van der Waals surface area contributed by atoms with E-state index in [1.807, 2.05) is 30.3 Å². The van der Waals surface area contributed by atoms with E-state index in [2.05, 4.69) is 23.8 Å². The Morgan fingerprint density at radius 2 is 1.71 bits per heavy atom. The van der Waals surface area contributed by atoms with E-state index in [1.54, 1.807) is 19.1 Å². The Bertz CT molecular complexity index is 848. The number of benzene rings is 1. The van der Waals surface area contributed by atoms with Crippen molar-refractivity contribution >= 4 is 17.8 Å². The third-order valence-electron chi connectivity index (χ3n) is 6.51. The molecule has 1 aromatic rings. The number of hydrogen-bond acceptors (Lipinski definition) is 5. The molecule has 3 atom stereocenters. The molecule has 7 nitrogen and oxygen atoms in total. The van der Waals surface area contributed by atoms with E-state index in [9.17, 15) is 19.5 Å². The molecular formula is C28H40N2O5. The fraction of sp³-hybridized carbons (Fsp3) is 0.536. The first-order chi connectivity index (χ1) is 16.8. The predicted octanol–water partition coefficient (Wildman–Crippen LogP) is 3.47. The van der Waals surface area contributed by atoms with Crippen molar-refractivity contribution in [3.63, 3.8) is 0 Å². The number of nitrogens with one attached hydrogen (secondary N) is 2. The maximum Gasteiger partial charge on any atom is 0.309 e. The van der Waals surface area contributed by atoms with Gasteiger partial charge in [-0.05, 0) is 44.6 Å². The number of rotatable bonds is 15. The second kappa shape index (κ2) is 14.5. The van der Waals surface area contributed by atoms with Crippen molar-refractivity contribution in [2.75, 3.05) is 13.2 Å². The minimum atomic E-state index is -0.584. The van der Waals surface area contributed by atoms with Crippen LogP contribution in [0.4, 0.5) is 0 Å². The predicted molar refractivity (Wildman–Crippen MR) is 136 cm³/mol. The van der Waals surface area contributed by atoms with Crippen LogP contribution in [0.2, 0.25) is 0 Å². The second-order valence-electron chi connectivity index (χ2n) is 9.52. The van der Waals surface area contributed by atoms with E-state index in [-0.39, 0.29) is 43.3 Å². The summed E-state index contributed by atoms with van der Waals surface area (Å²) < 4.78 is 5.60. The molecule has 1 aliphatic carbocycles. The van der Waals surface area contributed by atoms with Crippen LogP contribution < -0.4 is 10.6 Å². The highest BCUT2D eigenvalue weighted by molar-refractivity contribution is 5.86. The Hall–Kier alpha value is -2.93. The van der Waals surface area contributed by atoms with Crippen LogP contribution in [-0.4, -0.2) is 47.7 Å². The van der Waals surface area contributed by atoms with E-state index in [1.165, 1.54) is 0 Å². The minimum Gasteiger partial charge on any atom is -0.461 e. The van der Waals surface area contributed by atoms with E-state index in [0.29, 0.717) is 19.3 Å². The molecule has 7 heteroatoms. The Balaban J connectivity index is 1.85. The summed E-state index contributed by atoms with van der Waals surface area (Å²) in [5.41, 5.74) is 0.472. The Labute approximate surface area is 209 Å². The number of carbonyl (C=O) groups excluding carboxylic acids is 3. The Morgan fingerprint density at radius 3 is 2.31 bits per heavy atom. The summed E-state index contributed by atoms with van der Waals surface area (Å²) in [5, 5.41) is 15.5. The average Bonchev–Trinajstić information content (AvgIpc) is 3.31. The van der Waals surface area contributed by atoms with Gasteiger partial charge in [0.2, 0.25) is 11.8 Å². The summed E-state index contributed by atoms with van der Waals surface area (Å²) >= 11 is 0. The molecule has 1 aliphatic rings. The molecule has 2 rings (SSSR count). The van der Waals surface area contributed by atoms with Crippen LogP contribution in [0.3, 0.4) is 0 Å². The van der Waals surface area contributed by atoms with Gasteiger partial charge in [-0.2, -0.15) is 0 Å². The SMILES string of the molecule is C=CC[C@@H](CC(=O)NC1(CO)CCCC1)C(=O)NC[C@H](C)OC(=O)[C@H](CC=C)Cc1ccccc1. The van der Waals surface area contributed by atoms with Crippen LogP contribution >= 0.6 is 0 Å². The van der Waals surface area contributed by atoms with Gasteiger partial charge in [-0.1, -0.05) is 55.3 Å².